The molecule has 1 amide bonds. The molecule has 1 aromatic rings. The molecule has 4 fully saturated rings. The first-order valence-corrected chi connectivity index (χ1v) is 14.0. The van der Waals surface area contributed by atoms with E-state index < -0.39 is 20.4 Å². The average molecular weight is 493 g/mol. The molecule has 188 valence electrons. The summed E-state index contributed by atoms with van der Waals surface area (Å²) in [5.74, 6) is -0.0942. The number of anilines is 1. The van der Waals surface area contributed by atoms with Crippen molar-refractivity contribution in [1.29, 1.82) is 0 Å². The first-order chi connectivity index (χ1) is 16.4. The Bertz CT molecular complexity index is 950. The van der Waals surface area contributed by atoms with Crippen LogP contribution < -0.4 is 11.0 Å². The summed E-state index contributed by atoms with van der Waals surface area (Å²) in [5, 5.41) is 2.68. The highest BCUT2D eigenvalue weighted by Crippen LogP contribution is 2.61. The minimum atomic E-state index is -1.13. The molecule has 4 heterocycles. The fourth-order valence-electron chi connectivity index (χ4n) is 5.76. The molecule has 1 spiro atoms. The standard InChI is InChI=1S/C24H37N4O5P/c1-4-18-19(32-34-28-12-7-8-17(28)15-24(33-34)10-5-6-11-24)14-21(31-18)27-13-9-20(26-23(27)30)25-22(29)16(2)3/h9,13,16-19,21H,4-8,10-12,14-15H2,1-3H3,(H,25,26,29,30)/t17-,18?,19?,21?,34?/m0/s1. The third kappa shape index (κ3) is 4.82. The molecule has 0 bridgehead atoms. The molecule has 3 saturated heterocycles. The fraction of sp³-hybridized carbons (Fsp3) is 0.792. The summed E-state index contributed by atoms with van der Waals surface area (Å²) >= 11 is 0. The molecule has 0 aromatic carbocycles. The van der Waals surface area contributed by atoms with Crippen molar-refractivity contribution in [2.75, 3.05) is 11.9 Å². The number of nitrogens with one attached hydrogen (secondary N) is 1. The quantitative estimate of drug-likeness (QED) is 0.590. The van der Waals surface area contributed by atoms with Gasteiger partial charge in [-0.1, -0.05) is 33.6 Å². The monoisotopic (exact) mass is 492 g/mol. The highest BCUT2D eigenvalue weighted by molar-refractivity contribution is 7.44. The number of aromatic nitrogens is 2. The van der Waals surface area contributed by atoms with Crippen LogP contribution in [0, 0.1) is 5.92 Å². The molecule has 5 atom stereocenters. The Kier molecular flexibility index (Phi) is 7.11. The van der Waals surface area contributed by atoms with Gasteiger partial charge < -0.3 is 19.1 Å². The van der Waals surface area contributed by atoms with Gasteiger partial charge in [-0.15, -0.1) is 0 Å². The maximum absolute atomic E-state index is 12.7. The van der Waals surface area contributed by atoms with Gasteiger partial charge in [0, 0.05) is 31.1 Å². The molecule has 34 heavy (non-hydrogen) atoms. The summed E-state index contributed by atoms with van der Waals surface area (Å²) in [4.78, 5) is 28.7. The van der Waals surface area contributed by atoms with Crippen LogP contribution in [0.5, 0.6) is 0 Å². The highest BCUT2D eigenvalue weighted by Gasteiger charge is 2.51. The summed E-state index contributed by atoms with van der Waals surface area (Å²) in [6.07, 6.45) is 10.7. The van der Waals surface area contributed by atoms with E-state index >= 15 is 0 Å². The van der Waals surface area contributed by atoms with E-state index in [4.69, 9.17) is 13.8 Å². The molecular formula is C24H37N4O5P. The van der Waals surface area contributed by atoms with Gasteiger partial charge in [-0.2, -0.15) is 4.98 Å². The molecule has 1 N–H and O–H groups in total. The molecule has 1 saturated carbocycles. The second-order valence-electron chi connectivity index (χ2n) is 10.4. The van der Waals surface area contributed by atoms with Crippen molar-refractivity contribution in [1.82, 2.24) is 14.2 Å². The Labute approximate surface area is 202 Å². The van der Waals surface area contributed by atoms with Crippen molar-refractivity contribution in [3.05, 3.63) is 22.7 Å². The number of carbonyl (C=O) groups is 1. The van der Waals surface area contributed by atoms with Crippen molar-refractivity contribution in [3.8, 4) is 0 Å². The first kappa shape index (κ1) is 24.3. The number of rotatable bonds is 6. The van der Waals surface area contributed by atoms with Gasteiger partial charge in [0.25, 0.3) is 8.53 Å². The van der Waals surface area contributed by atoms with E-state index in [2.05, 4.69) is 21.9 Å². The molecule has 5 rings (SSSR count). The lowest BCUT2D eigenvalue weighted by Crippen LogP contribution is -2.44. The Morgan fingerprint density at radius 1 is 1.35 bits per heavy atom. The van der Waals surface area contributed by atoms with E-state index in [1.807, 2.05) is 0 Å². The van der Waals surface area contributed by atoms with Gasteiger partial charge in [-0.05, 0) is 44.6 Å². The largest absolute Gasteiger partial charge is 0.352 e. The summed E-state index contributed by atoms with van der Waals surface area (Å²) in [7, 11) is -1.13. The number of hydrogen-bond acceptors (Lipinski definition) is 7. The second kappa shape index (κ2) is 9.94. The summed E-state index contributed by atoms with van der Waals surface area (Å²) in [6.45, 7) is 6.71. The lowest BCUT2D eigenvalue weighted by molar-refractivity contribution is -0.118. The predicted molar refractivity (Wildman–Crippen MR) is 129 cm³/mol. The molecule has 3 aliphatic heterocycles. The number of fused-ring (bicyclic) bond motifs is 1. The molecule has 1 aliphatic carbocycles. The summed E-state index contributed by atoms with van der Waals surface area (Å²) in [5.41, 5.74) is -0.444. The lowest BCUT2D eigenvalue weighted by Gasteiger charge is -2.46. The Morgan fingerprint density at radius 2 is 2.15 bits per heavy atom. The average Bonchev–Trinajstić information content (AvgIpc) is 3.54. The third-order valence-corrected chi connectivity index (χ3v) is 9.62. The molecule has 9 nitrogen and oxygen atoms in total. The van der Waals surface area contributed by atoms with Crippen LogP contribution in [-0.4, -0.2) is 50.5 Å². The van der Waals surface area contributed by atoms with Gasteiger partial charge in [0.1, 0.15) is 12.0 Å². The first-order valence-electron chi connectivity index (χ1n) is 12.9. The Hall–Kier alpha value is -1.38. The van der Waals surface area contributed by atoms with Crippen LogP contribution >= 0.6 is 8.53 Å². The van der Waals surface area contributed by atoms with Gasteiger partial charge in [-0.25, -0.2) is 9.46 Å². The molecule has 0 radical (unpaired) electrons. The van der Waals surface area contributed by atoms with Crippen LogP contribution in [0.2, 0.25) is 0 Å². The molecule has 1 aromatic heterocycles. The van der Waals surface area contributed by atoms with Crippen LogP contribution in [0.15, 0.2) is 17.1 Å². The normalized spacial score (nSPS) is 33.0. The van der Waals surface area contributed by atoms with E-state index in [0.717, 1.165) is 32.2 Å². The Morgan fingerprint density at radius 3 is 2.85 bits per heavy atom. The van der Waals surface area contributed by atoms with Crippen LogP contribution in [-0.2, 0) is 18.6 Å². The second-order valence-corrected chi connectivity index (χ2v) is 11.8. The highest BCUT2D eigenvalue weighted by atomic mass is 31.2. The van der Waals surface area contributed by atoms with E-state index in [0.29, 0.717) is 12.5 Å². The fourth-order valence-corrected chi connectivity index (χ4v) is 7.84. The van der Waals surface area contributed by atoms with E-state index in [1.165, 1.54) is 30.3 Å². The van der Waals surface area contributed by atoms with Gasteiger partial charge in [0.2, 0.25) is 5.91 Å². The van der Waals surface area contributed by atoms with Crippen LogP contribution in [0.4, 0.5) is 5.82 Å². The zero-order valence-corrected chi connectivity index (χ0v) is 21.3. The van der Waals surface area contributed by atoms with E-state index in [9.17, 15) is 9.59 Å². The maximum Gasteiger partial charge on any atom is 0.351 e. The Balaban J connectivity index is 1.29. The SMILES string of the molecule is CCC1OC(n2ccc(NC(=O)C(C)C)nc2=O)CC1OP1OC2(CCCC2)C[C@@H]2CCCN21. The van der Waals surface area contributed by atoms with Crippen LogP contribution in [0.1, 0.15) is 84.8 Å². The molecule has 4 unspecified atom stereocenters. The topological polar surface area (TPSA) is 94.9 Å². The maximum atomic E-state index is 12.7. The zero-order chi connectivity index (χ0) is 23.9. The van der Waals surface area contributed by atoms with Gasteiger partial charge in [0.05, 0.1) is 17.8 Å². The third-order valence-electron chi connectivity index (χ3n) is 7.67. The van der Waals surface area contributed by atoms with Crippen molar-refractivity contribution >= 4 is 20.3 Å². The minimum absolute atomic E-state index is 0.00507. The van der Waals surface area contributed by atoms with Crippen molar-refractivity contribution in [2.45, 2.75) is 109 Å². The van der Waals surface area contributed by atoms with Gasteiger partial charge in [0.15, 0.2) is 0 Å². The molecular weight excluding hydrogens is 455 g/mol. The number of amides is 1. The zero-order valence-electron chi connectivity index (χ0n) is 20.4. The number of hydrogen-bond donors (Lipinski definition) is 1. The lowest BCUT2D eigenvalue weighted by atomic mass is 9.92. The van der Waals surface area contributed by atoms with Crippen LogP contribution in [0.3, 0.4) is 0 Å². The van der Waals surface area contributed by atoms with Crippen molar-refractivity contribution in [2.24, 2.45) is 5.92 Å². The minimum Gasteiger partial charge on any atom is -0.352 e. The summed E-state index contributed by atoms with van der Waals surface area (Å²) in [6, 6.07) is 2.21. The van der Waals surface area contributed by atoms with Crippen LogP contribution in [0.25, 0.3) is 0 Å². The van der Waals surface area contributed by atoms with E-state index in [1.54, 1.807) is 26.1 Å². The van der Waals surface area contributed by atoms with Gasteiger partial charge >= 0.3 is 5.69 Å². The van der Waals surface area contributed by atoms with E-state index in [-0.39, 0.29) is 35.5 Å². The predicted octanol–water partition coefficient (Wildman–Crippen LogP) is 4.34. The number of nitrogens with zero attached hydrogens (tertiary/aromatic N) is 3. The molecule has 4 aliphatic rings. The van der Waals surface area contributed by atoms with Crippen molar-refractivity contribution in [3.63, 3.8) is 0 Å². The van der Waals surface area contributed by atoms with Gasteiger partial charge in [-0.3, -0.25) is 9.36 Å². The molecule has 10 heteroatoms. The smallest absolute Gasteiger partial charge is 0.351 e. The summed E-state index contributed by atoms with van der Waals surface area (Å²) < 4.78 is 23.7. The number of carbonyl (C=O) groups excluding carboxylic acids is 1. The number of ether oxygens (including phenoxy) is 1. The van der Waals surface area contributed by atoms with Crippen molar-refractivity contribution < 1.29 is 18.6 Å².